The van der Waals surface area contributed by atoms with Gasteiger partial charge in [-0.2, -0.15) is 0 Å². The zero-order valence-corrected chi connectivity index (χ0v) is 8.82. The van der Waals surface area contributed by atoms with E-state index in [0.717, 1.165) is 11.1 Å². The van der Waals surface area contributed by atoms with Crippen LogP contribution in [0.15, 0.2) is 65.8 Å². The normalized spacial score (nSPS) is 11.1. The molecule has 0 radical (unpaired) electrons. The minimum absolute atomic E-state index is 0.00685. The first-order valence-corrected chi connectivity index (χ1v) is 5.19. The smallest absolute Gasteiger partial charge is 0.0554 e. The molecule has 1 N–H and O–H groups in total. The molecule has 0 aliphatic heterocycles. The zero-order chi connectivity index (χ0) is 11.2. The lowest BCUT2D eigenvalue weighted by Gasteiger charge is -2.11. The molecule has 2 aromatic carbocycles. The lowest BCUT2D eigenvalue weighted by Crippen LogP contribution is -2.02. The predicted octanol–water partition coefficient (Wildman–Crippen LogP) is 3.28. The molecule has 2 heteroatoms. The van der Waals surface area contributed by atoms with Crippen LogP contribution in [0.25, 0.3) is 0 Å². The molecule has 0 aromatic heterocycles. The molecular weight excluding hydrogens is 198 g/mol. The Balaban J connectivity index is 2.39. The van der Waals surface area contributed by atoms with Gasteiger partial charge in [-0.25, -0.2) is 0 Å². The Hall–Kier alpha value is -2.09. The van der Waals surface area contributed by atoms with Gasteiger partial charge in [0.05, 0.1) is 6.21 Å². The molecule has 0 atom stereocenters. The van der Waals surface area contributed by atoms with E-state index in [1.165, 1.54) is 0 Å². The largest absolute Gasteiger partial charge is 0.411 e. The molecule has 2 aromatic rings. The lowest BCUT2D eigenvalue weighted by atomic mass is 9.92. The van der Waals surface area contributed by atoms with Gasteiger partial charge in [-0.1, -0.05) is 60.7 Å². The Kier molecular flexibility index (Phi) is 3.34. The van der Waals surface area contributed by atoms with Crippen molar-refractivity contribution in [1.82, 2.24) is 0 Å². The maximum atomic E-state index is 8.73. The van der Waals surface area contributed by atoms with Crippen molar-refractivity contribution < 1.29 is 5.21 Å². The molecule has 16 heavy (non-hydrogen) atoms. The molecule has 0 bridgehead atoms. The highest BCUT2D eigenvalue weighted by molar-refractivity contribution is 5.72. The predicted molar refractivity (Wildman–Crippen MR) is 65.0 cm³/mol. The van der Waals surface area contributed by atoms with Gasteiger partial charge in [0.15, 0.2) is 0 Å². The van der Waals surface area contributed by atoms with Crippen molar-refractivity contribution >= 4 is 6.21 Å². The topological polar surface area (TPSA) is 32.6 Å². The van der Waals surface area contributed by atoms with E-state index in [9.17, 15) is 0 Å². The van der Waals surface area contributed by atoms with Crippen molar-refractivity contribution in [2.45, 2.75) is 5.92 Å². The van der Waals surface area contributed by atoms with Gasteiger partial charge in [-0.3, -0.25) is 0 Å². The third-order valence-corrected chi connectivity index (χ3v) is 2.53. The van der Waals surface area contributed by atoms with Crippen molar-refractivity contribution in [2.24, 2.45) is 5.16 Å². The molecule has 80 valence electrons. The van der Waals surface area contributed by atoms with Crippen LogP contribution in [0.2, 0.25) is 0 Å². The fourth-order valence-electron chi connectivity index (χ4n) is 1.75. The number of nitrogens with zero attached hydrogens (tertiary/aromatic N) is 1. The van der Waals surface area contributed by atoms with Crippen LogP contribution in [-0.2, 0) is 0 Å². The number of rotatable bonds is 3. The van der Waals surface area contributed by atoms with Gasteiger partial charge in [0.1, 0.15) is 0 Å². The number of hydrogen-bond acceptors (Lipinski definition) is 2. The Labute approximate surface area is 94.9 Å². The van der Waals surface area contributed by atoms with E-state index in [1.54, 1.807) is 6.21 Å². The summed E-state index contributed by atoms with van der Waals surface area (Å²) in [5.41, 5.74) is 2.23. The third-order valence-electron chi connectivity index (χ3n) is 2.53. The highest BCUT2D eigenvalue weighted by atomic mass is 16.4. The fraction of sp³-hybridized carbons (Fsp3) is 0.0714. The van der Waals surface area contributed by atoms with Gasteiger partial charge in [0, 0.05) is 5.92 Å². The Morgan fingerprint density at radius 1 is 0.812 bits per heavy atom. The van der Waals surface area contributed by atoms with Crippen LogP contribution in [0.1, 0.15) is 17.0 Å². The van der Waals surface area contributed by atoms with E-state index in [0.29, 0.717) is 0 Å². The molecule has 0 spiro atoms. The van der Waals surface area contributed by atoms with Gasteiger partial charge in [-0.05, 0) is 11.1 Å². The highest BCUT2D eigenvalue weighted by Crippen LogP contribution is 2.22. The average molecular weight is 211 g/mol. The van der Waals surface area contributed by atoms with E-state index >= 15 is 0 Å². The van der Waals surface area contributed by atoms with E-state index in [-0.39, 0.29) is 5.92 Å². The maximum Gasteiger partial charge on any atom is 0.0554 e. The standard InChI is InChI=1S/C14H13NO/c16-15-11-14(12-7-3-1-4-8-12)13-9-5-2-6-10-13/h1-11,14,16H/b15-11+. The molecule has 0 saturated heterocycles. The zero-order valence-electron chi connectivity index (χ0n) is 8.82. The van der Waals surface area contributed by atoms with E-state index < -0.39 is 0 Å². The van der Waals surface area contributed by atoms with Crippen LogP contribution >= 0.6 is 0 Å². The number of benzene rings is 2. The molecule has 0 heterocycles. The van der Waals surface area contributed by atoms with Gasteiger partial charge >= 0.3 is 0 Å². The van der Waals surface area contributed by atoms with E-state index in [2.05, 4.69) is 5.16 Å². The highest BCUT2D eigenvalue weighted by Gasteiger charge is 2.10. The second kappa shape index (κ2) is 5.12. The molecule has 0 unspecified atom stereocenters. The number of oxime groups is 1. The van der Waals surface area contributed by atoms with Gasteiger partial charge in [0.2, 0.25) is 0 Å². The summed E-state index contributed by atoms with van der Waals surface area (Å²) in [6.45, 7) is 0. The van der Waals surface area contributed by atoms with Crippen LogP contribution in [0, 0.1) is 0 Å². The molecule has 2 nitrogen and oxygen atoms in total. The van der Waals surface area contributed by atoms with Crippen LogP contribution in [0.3, 0.4) is 0 Å². The Bertz CT molecular complexity index is 411. The van der Waals surface area contributed by atoms with Gasteiger partial charge in [-0.15, -0.1) is 5.16 Å². The minimum Gasteiger partial charge on any atom is -0.411 e. The summed E-state index contributed by atoms with van der Waals surface area (Å²) in [5.74, 6) is 0.00685. The molecule has 0 saturated carbocycles. The lowest BCUT2D eigenvalue weighted by molar-refractivity contribution is 0.320. The summed E-state index contributed by atoms with van der Waals surface area (Å²) in [6.07, 6.45) is 1.55. The molecule has 2 rings (SSSR count). The first-order valence-electron chi connectivity index (χ1n) is 5.19. The van der Waals surface area contributed by atoms with E-state index in [1.807, 2.05) is 60.7 Å². The van der Waals surface area contributed by atoms with Crippen LogP contribution in [-0.4, -0.2) is 11.4 Å². The van der Waals surface area contributed by atoms with Crippen molar-refractivity contribution in [3.8, 4) is 0 Å². The maximum absolute atomic E-state index is 8.73. The van der Waals surface area contributed by atoms with Crippen LogP contribution in [0.4, 0.5) is 0 Å². The first kappa shape index (κ1) is 10.4. The summed E-state index contributed by atoms with van der Waals surface area (Å²) < 4.78 is 0. The monoisotopic (exact) mass is 211 g/mol. The summed E-state index contributed by atoms with van der Waals surface area (Å²) in [4.78, 5) is 0. The first-order chi connectivity index (χ1) is 7.92. The van der Waals surface area contributed by atoms with Crippen molar-refractivity contribution in [3.63, 3.8) is 0 Å². The van der Waals surface area contributed by atoms with Crippen molar-refractivity contribution in [1.29, 1.82) is 0 Å². The quantitative estimate of drug-likeness (QED) is 0.471. The molecule has 0 fully saturated rings. The SMILES string of the molecule is O/N=C/C(c1ccccc1)c1ccccc1. The summed E-state index contributed by atoms with van der Waals surface area (Å²) in [7, 11) is 0. The van der Waals surface area contributed by atoms with Crippen LogP contribution in [0.5, 0.6) is 0 Å². The summed E-state index contributed by atoms with van der Waals surface area (Å²) in [6, 6.07) is 20.0. The second-order valence-electron chi connectivity index (χ2n) is 3.56. The van der Waals surface area contributed by atoms with E-state index in [4.69, 9.17) is 5.21 Å². The van der Waals surface area contributed by atoms with Crippen LogP contribution < -0.4 is 0 Å². The number of hydrogen-bond donors (Lipinski definition) is 1. The molecule has 0 aliphatic rings. The molecular formula is C14H13NO. The Morgan fingerprint density at radius 2 is 1.25 bits per heavy atom. The molecule has 0 aliphatic carbocycles. The summed E-state index contributed by atoms with van der Waals surface area (Å²) in [5, 5.41) is 11.9. The minimum atomic E-state index is 0.00685. The molecule has 0 amide bonds. The summed E-state index contributed by atoms with van der Waals surface area (Å²) >= 11 is 0. The van der Waals surface area contributed by atoms with Gasteiger partial charge < -0.3 is 5.21 Å². The van der Waals surface area contributed by atoms with Crippen molar-refractivity contribution in [2.75, 3.05) is 0 Å². The van der Waals surface area contributed by atoms with Gasteiger partial charge in [0.25, 0.3) is 0 Å². The average Bonchev–Trinajstić information content (AvgIpc) is 2.38. The Morgan fingerprint density at radius 3 is 1.62 bits per heavy atom. The third kappa shape index (κ3) is 2.28. The fourth-order valence-corrected chi connectivity index (χ4v) is 1.75. The van der Waals surface area contributed by atoms with Crippen molar-refractivity contribution in [3.05, 3.63) is 71.8 Å². The second-order valence-corrected chi connectivity index (χ2v) is 3.56.